The maximum Gasteiger partial charge on any atom is 0.326 e. The van der Waals surface area contributed by atoms with Gasteiger partial charge in [0.1, 0.15) is 17.8 Å². The van der Waals surface area contributed by atoms with Crippen LogP contribution < -0.4 is 22.1 Å². The predicted octanol–water partition coefficient (Wildman–Crippen LogP) is -0.372. The number of benzene rings is 1. The number of amides is 3. The van der Waals surface area contributed by atoms with Crippen molar-refractivity contribution in [1.82, 2.24) is 10.6 Å². The highest BCUT2D eigenvalue weighted by molar-refractivity contribution is 5.92. The number of carboxylic acid groups (broad SMARTS) is 1. The summed E-state index contributed by atoms with van der Waals surface area (Å²) < 4.78 is 0. The fraction of sp³-hybridized carbons (Fsp3) is 0.500. The molecule has 1 rings (SSSR count). The number of primary amides is 1. The zero-order valence-electron chi connectivity index (χ0n) is 17.1. The zero-order chi connectivity index (χ0) is 22.8. The van der Waals surface area contributed by atoms with E-state index in [0.29, 0.717) is 5.56 Å². The summed E-state index contributed by atoms with van der Waals surface area (Å²) in [5.74, 6) is -3.12. The number of rotatable bonds is 12. The van der Waals surface area contributed by atoms with Crippen molar-refractivity contribution in [3.05, 3.63) is 29.8 Å². The number of carboxylic acids is 1. The third-order valence-corrected chi connectivity index (χ3v) is 4.36. The fourth-order valence-electron chi connectivity index (χ4n) is 2.78. The van der Waals surface area contributed by atoms with Gasteiger partial charge in [-0.05, 0) is 42.9 Å². The van der Waals surface area contributed by atoms with E-state index in [0.717, 1.165) is 0 Å². The third-order valence-electron chi connectivity index (χ3n) is 4.36. The fourth-order valence-corrected chi connectivity index (χ4v) is 2.78. The second-order valence-corrected chi connectivity index (χ2v) is 7.57. The highest BCUT2D eigenvalue weighted by atomic mass is 16.4. The van der Waals surface area contributed by atoms with Crippen LogP contribution in [0.4, 0.5) is 0 Å². The minimum Gasteiger partial charge on any atom is -0.508 e. The number of nitrogens with one attached hydrogen (secondary N) is 2. The summed E-state index contributed by atoms with van der Waals surface area (Å²) in [7, 11) is 0. The van der Waals surface area contributed by atoms with Crippen molar-refractivity contribution in [1.29, 1.82) is 0 Å². The Morgan fingerprint density at radius 2 is 1.57 bits per heavy atom. The van der Waals surface area contributed by atoms with Gasteiger partial charge in [0.25, 0.3) is 0 Å². The van der Waals surface area contributed by atoms with Crippen molar-refractivity contribution in [3.8, 4) is 5.75 Å². The number of carbonyl (C=O) groups excluding carboxylic acids is 3. The van der Waals surface area contributed by atoms with Gasteiger partial charge in [-0.15, -0.1) is 0 Å². The minimum absolute atomic E-state index is 0.0174. The summed E-state index contributed by atoms with van der Waals surface area (Å²) in [5.41, 5.74) is 11.8. The lowest BCUT2D eigenvalue weighted by Gasteiger charge is -2.23. The summed E-state index contributed by atoms with van der Waals surface area (Å²) in [6.07, 6.45) is 0.0969. The highest BCUT2D eigenvalue weighted by Crippen LogP contribution is 2.11. The molecule has 1 aromatic rings. The molecular formula is C20H30N4O6. The zero-order valence-corrected chi connectivity index (χ0v) is 17.1. The quantitative estimate of drug-likeness (QED) is 0.265. The molecule has 0 spiro atoms. The molecule has 3 amide bonds. The monoisotopic (exact) mass is 422 g/mol. The summed E-state index contributed by atoms with van der Waals surface area (Å²) in [6, 6.07) is 2.87. The number of hydrogen-bond acceptors (Lipinski definition) is 6. The first kappa shape index (κ1) is 24.9. The molecule has 0 radical (unpaired) electrons. The molecule has 166 valence electrons. The molecule has 0 unspecified atom stereocenters. The lowest BCUT2D eigenvalue weighted by Crippen LogP contribution is -2.55. The van der Waals surface area contributed by atoms with Crippen LogP contribution in [-0.2, 0) is 25.6 Å². The number of hydrogen-bond donors (Lipinski definition) is 6. The van der Waals surface area contributed by atoms with Crippen LogP contribution >= 0.6 is 0 Å². The Morgan fingerprint density at radius 3 is 2.07 bits per heavy atom. The van der Waals surface area contributed by atoms with Crippen molar-refractivity contribution < 1.29 is 29.4 Å². The topological polar surface area (TPSA) is 185 Å². The number of phenolic OH excluding ortho intramolecular Hbond substituents is 1. The van der Waals surface area contributed by atoms with Gasteiger partial charge in [0.15, 0.2) is 0 Å². The summed E-state index contributed by atoms with van der Waals surface area (Å²) in [6.45, 7) is 3.63. The molecule has 0 aliphatic carbocycles. The van der Waals surface area contributed by atoms with Crippen LogP contribution in [0.5, 0.6) is 5.75 Å². The SMILES string of the molecule is CC(C)C[C@H](NC(=O)[C@H](CCC(N)=O)NC(=O)[C@@H](N)Cc1ccc(O)cc1)C(=O)O. The Morgan fingerprint density at radius 1 is 1.00 bits per heavy atom. The molecule has 0 aliphatic heterocycles. The lowest BCUT2D eigenvalue weighted by molar-refractivity contribution is -0.142. The Kier molecular flexibility index (Phi) is 9.76. The van der Waals surface area contributed by atoms with Crippen LogP contribution in [-0.4, -0.2) is 52.0 Å². The van der Waals surface area contributed by atoms with Crippen LogP contribution in [0, 0.1) is 5.92 Å². The first-order valence-corrected chi connectivity index (χ1v) is 9.65. The maximum absolute atomic E-state index is 12.6. The molecule has 0 saturated heterocycles. The molecule has 0 heterocycles. The summed E-state index contributed by atoms with van der Waals surface area (Å²) >= 11 is 0. The Bertz CT molecular complexity index is 750. The van der Waals surface area contributed by atoms with E-state index in [1.807, 2.05) is 13.8 Å². The van der Waals surface area contributed by atoms with Gasteiger partial charge in [-0.25, -0.2) is 4.79 Å². The van der Waals surface area contributed by atoms with Crippen molar-refractivity contribution in [2.24, 2.45) is 17.4 Å². The van der Waals surface area contributed by atoms with Crippen molar-refractivity contribution in [3.63, 3.8) is 0 Å². The Balaban J connectivity index is 2.83. The van der Waals surface area contributed by atoms with Gasteiger partial charge in [-0.1, -0.05) is 26.0 Å². The number of carbonyl (C=O) groups is 4. The van der Waals surface area contributed by atoms with Gasteiger partial charge in [-0.2, -0.15) is 0 Å². The molecule has 0 aliphatic rings. The first-order chi connectivity index (χ1) is 14.0. The normalized spacial score (nSPS) is 13.9. The molecule has 30 heavy (non-hydrogen) atoms. The van der Waals surface area contributed by atoms with E-state index < -0.39 is 41.8 Å². The molecule has 3 atom stereocenters. The van der Waals surface area contributed by atoms with Gasteiger partial charge in [0.2, 0.25) is 17.7 Å². The molecule has 0 saturated carbocycles. The second kappa shape index (κ2) is 11.8. The van der Waals surface area contributed by atoms with E-state index in [1.165, 1.54) is 12.1 Å². The van der Waals surface area contributed by atoms with Gasteiger partial charge in [0, 0.05) is 6.42 Å². The van der Waals surface area contributed by atoms with Crippen LogP contribution in [0.1, 0.15) is 38.7 Å². The molecule has 10 heteroatoms. The van der Waals surface area contributed by atoms with E-state index in [1.54, 1.807) is 12.1 Å². The highest BCUT2D eigenvalue weighted by Gasteiger charge is 2.28. The standard InChI is InChI=1S/C20H30N4O6/c1-11(2)9-16(20(29)30)24-19(28)15(7-8-17(22)26)23-18(27)14(21)10-12-3-5-13(25)6-4-12/h3-6,11,14-16,25H,7-10,21H2,1-2H3,(H2,22,26)(H,23,27)(H,24,28)(H,29,30)/t14-,15-,16-/m0/s1. The molecule has 0 bridgehead atoms. The Labute approximate surface area is 175 Å². The molecule has 10 nitrogen and oxygen atoms in total. The van der Waals surface area contributed by atoms with Gasteiger partial charge >= 0.3 is 5.97 Å². The molecule has 0 fully saturated rings. The third kappa shape index (κ3) is 8.91. The van der Waals surface area contributed by atoms with Crippen molar-refractivity contribution >= 4 is 23.7 Å². The number of aliphatic carboxylic acids is 1. The average molecular weight is 422 g/mol. The van der Waals surface area contributed by atoms with Crippen LogP contribution in [0.2, 0.25) is 0 Å². The van der Waals surface area contributed by atoms with Crippen molar-refractivity contribution in [2.45, 2.75) is 57.7 Å². The second-order valence-electron chi connectivity index (χ2n) is 7.57. The summed E-state index contributed by atoms with van der Waals surface area (Å²) in [5, 5.41) is 23.5. The van der Waals surface area contributed by atoms with E-state index in [2.05, 4.69) is 10.6 Å². The average Bonchev–Trinajstić information content (AvgIpc) is 2.65. The minimum atomic E-state index is -1.19. The smallest absolute Gasteiger partial charge is 0.326 e. The maximum atomic E-state index is 12.6. The van der Waals surface area contributed by atoms with Crippen LogP contribution in [0.15, 0.2) is 24.3 Å². The van der Waals surface area contributed by atoms with Gasteiger partial charge < -0.3 is 32.3 Å². The molecule has 8 N–H and O–H groups in total. The molecule has 0 aromatic heterocycles. The van der Waals surface area contributed by atoms with Gasteiger partial charge in [-0.3, -0.25) is 14.4 Å². The largest absolute Gasteiger partial charge is 0.508 e. The predicted molar refractivity (Wildman–Crippen MR) is 109 cm³/mol. The van der Waals surface area contributed by atoms with Crippen molar-refractivity contribution in [2.75, 3.05) is 0 Å². The molecule has 1 aromatic carbocycles. The number of nitrogens with two attached hydrogens (primary N) is 2. The van der Waals surface area contributed by atoms with E-state index in [9.17, 15) is 29.4 Å². The van der Waals surface area contributed by atoms with E-state index in [-0.39, 0.29) is 37.4 Å². The lowest BCUT2D eigenvalue weighted by atomic mass is 10.0. The Hall–Kier alpha value is -3.14. The number of phenols is 1. The molecular weight excluding hydrogens is 392 g/mol. The van der Waals surface area contributed by atoms with Crippen LogP contribution in [0.3, 0.4) is 0 Å². The van der Waals surface area contributed by atoms with E-state index >= 15 is 0 Å². The van der Waals surface area contributed by atoms with Gasteiger partial charge in [0.05, 0.1) is 6.04 Å². The first-order valence-electron chi connectivity index (χ1n) is 9.65. The number of aromatic hydroxyl groups is 1. The summed E-state index contributed by atoms with van der Waals surface area (Å²) in [4.78, 5) is 47.6. The van der Waals surface area contributed by atoms with Crippen LogP contribution in [0.25, 0.3) is 0 Å². The van der Waals surface area contributed by atoms with E-state index in [4.69, 9.17) is 11.5 Å².